The standard InChI is InChI=1S/C19H22ClN5O3/c1-2-28-19(27)22-11-8-9-12-14(10-11)23-15(26)7-5-3-4-6-13(21)18-24-16(12)17(20)25-18/h3-4,8-10,13H,2,5-7,21H2,1H3,(H,22,27)(H,23,26)(H,24,25)/b4-3+/t13-/m0/s1. The lowest BCUT2D eigenvalue weighted by Crippen LogP contribution is -2.15. The molecule has 2 heterocycles. The maximum Gasteiger partial charge on any atom is 0.411 e. The van der Waals surface area contributed by atoms with Gasteiger partial charge in [-0.2, -0.15) is 0 Å². The van der Waals surface area contributed by atoms with Crippen molar-refractivity contribution in [2.45, 2.75) is 32.2 Å². The van der Waals surface area contributed by atoms with Crippen molar-refractivity contribution in [2.75, 3.05) is 17.2 Å². The van der Waals surface area contributed by atoms with Crippen LogP contribution in [-0.2, 0) is 9.53 Å². The number of aromatic nitrogens is 2. The molecule has 0 radical (unpaired) electrons. The molecule has 5 N–H and O–H groups in total. The van der Waals surface area contributed by atoms with Crippen molar-refractivity contribution >= 4 is 35.0 Å². The third-order valence-electron chi connectivity index (χ3n) is 4.19. The zero-order chi connectivity index (χ0) is 20.1. The summed E-state index contributed by atoms with van der Waals surface area (Å²) in [4.78, 5) is 31.6. The number of nitrogens with one attached hydrogen (secondary N) is 3. The number of H-pyrrole nitrogens is 1. The number of aromatic amines is 1. The summed E-state index contributed by atoms with van der Waals surface area (Å²) in [6, 6.07) is 4.73. The van der Waals surface area contributed by atoms with Crippen LogP contribution < -0.4 is 16.4 Å². The van der Waals surface area contributed by atoms with Gasteiger partial charge in [0.1, 0.15) is 16.7 Å². The minimum absolute atomic E-state index is 0.158. The number of nitrogens with zero attached hydrogens (tertiary/aromatic N) is 1. The molecular formula is C19H22ClN5O3. The van der Waals surface area contributed by atoms with Gasteiger partial charge in [-0.3, -0.25) is 10.1 Å². The van der Waals surface area contributed by atoms with Crippen LogP contribution in [0.1, 0.15) is 38.1 Å². The van der Waals surface area contributed by atoms with Crippen LogP contribution in [0.2, 0.25) is 5.15 Å². The molecule has 1 atom stereocenters. The van der Waals surface area contributed by atoms with Gasteiger partial charge in [0, 0.05) is 17.7 Å². The molecule has 0 saturated heterocycles. The van der Waals surface area contributed by atoms with Gasteiger partial charge in [0.05, 0.1) is 18.3 Å². The van der Waals surface area contributed by atoms with Gasteiger partial charge < -0.3 is 20.8 Å². The summed E-state index contributed by atoms with van der Waals surface area (Å²) in [6.07, 6.45) is 4.77. The fourth-order valence-electron chi connectivity index (χ4n) is 2.84. The van der Waals surface area contributed by atoms with E-state index in [4.69, 9.17) is 22.1 Å². The van der Waals surface area contributed by atoms with E-state index in [0.29, 0.717) is 52.9 Å². The summed E-state index contributed by atoms with van der Waals surface area (Å²) in [5.74, 6) is 0.407. The monoisotopic (exact) mass is 403 g/mol. The van der Waals surface area contributed by atoms with Crippen LogP contribution in [0.3, 0.4) is 0 Å². The largest absolute Gasteiger partial charge is 0.450 e. The highest BCUT2D eigenvalue weighted by atomic mass is 35.5. The molecular weight excluding hydrogens is 382 g/mol. The second-order valence-corrected chi connectivity index (χ2v) is 6.67. The van der Waals surface area contributed by atoms with Crippen LogP contribution in [0.4, 0.5) is 16.2 Å². The highest BCUT2D eigenvalue weighted by molar-refractivity contribution is 6.32. The Morgan fingerprint density at radius 3 is 3.04 bits per heavy atom. The Balaban J connectivity index is 2.02. The lowest BCUT2D eigenvalue weighted by Gasteiger charge is -2.13. The highest BCUT2D eigenvalue weighted by Gasteiger charge is 2.19. The summed E-state index contributed by atoms with van der Waals surface area (Å²) in [5.41, 5.74) is 8.24. The number of hydrogen-bond donors (Lipinski definition) is 4. The van der Waals surface area contributed by atoms with E-state index in [9.17, 15) is 9.59 Å². The van der Waals surface area contributed by atoms with Crippen molar-refractivity contribution < 1.29 is 14.3 Å². The highest BCUT2D eigenvalue weighted by Crippen LogP contribution is 2.35. The summed E-state index contributed by atoms with van der Waals surface area (Å²) >= 11 is 6.35. The smallest absolute Gasteiger partial charge is 0.411 e. The fourth-order valence-corrected chi connectivity index (χ4v) is 3.08. The van der Waals surface area contributed by atoms with E-state index in [1.54, 1.807) is 25.1 Å². The van der Waals surface area contributed by atoms with Crippen molar-refractivity contribution in [3.05, 3.63) is 41.3 Å². The molecule has 2 bridgehead atoms. The Morgan fingerprint density at radius 1 is 1.43 bits per heavy atom. The summed E-state index contributed by atoms with van der Waals surface area (Å²) in [7, 11) is 0. The summed E-state index contributed by atoms with van der Waals surface area (Å²) in [5, 5.41) is 5.82. The number of carbonyl (C=O) groups is 2. The SMILES string of the molecule is CCOC(=O)Nc1ccc2c(c1)NC(=O)CC/C=C/C[C@H](N)c1nc-2c(Cl)[nH]1. The molecule has 8 nitrogen and oxygen atoms in total. The zero-order valence-corrected chi connectivity index (χ0v) is 16.2. The number of amides is 2. The molecule has 148 valence electrons. The number of rotatable bonds is 2. The number of ether oxygens (including phenoxy) is 1. The summed E-state index contributed by atoms with van der Waals surface area (Å²) < 4.78 is 4.89. The average molecular weight is 404 g/mol. The van der Waals surface area contributed by atoms with Gasteiger partial charge in [-0.25, -0.2) is 9.78 Å². The molecule has 0 fully saturated rings. The number of anilines is 2. The van der Waals surface area contributed by atoms with Crippen LogP contribution in [0.15, 0.2) is 30.4 Å². The quantitative estimate of drug-likeness (QED) is 0.565. The third kappa shape index (κ3) is 4.71. The number of allylic oxidation sites excluding steroid dienone is 1. The van der Waals surface area contributed by atoms with Gasteiger partial charge in [0.25, 0.3) is 0 Å². The van der Waals surface area contributed by atoms with Gasteiger partial charge in [-0.15, -0.1) is 0 Å². The Kier molecular flexibility index (Phi) is 6.33. The first-order valence-electron chi connectivity index (χ1n) is 9.02. The molecule has 28 heavy (non-hydrogen) atoms. The topological polar surface area (TPSA) is 122 Å². The third-order valence-corrected chi connectivity index (χ3v) is 4.47. The van der Waals surface area contributed by atoms with Gasteiger partial charge >= 0.3 is 6.09 Å². The molecule has 0 aliphatic carbocycles. The van der Waals surface area contributed by atoms with Crippen LogP contribution in [0.5, 0.6) is 0 Å². The van der Waals surface area contributed by atoms with E-state index in [-0.39, 0.29) is 18.6 Å². The molecule has 1 aliphatic rings. The summed E-state index contributed by atoms with van der Waals surface area (Å²) in [6.45, 7) is 1.98. The van der Waals surface area contributed by atoms with Crippen LogP contribution >= 0.6 is 11.6 Å². The molecule has 2 amide bonds. The van der Waals surface area contributed by atoms with E-state index >= 15 is 0 Å². The van der Waals surface area contributed by atoms with E-state index in [2.05, 4.69) is 20.6 Å². The normalized spacial score (nSPS) is 18.0. The van der Waals surface area contributed by atoms with Gasteiger partial charge in [-0.1, -0.05) is 23.8 Å². The maximum atomic E-state index is 12.4. The minimum atomic E-state index is -0.574. The van der Waals surface area contributed by atoms with Crippen molar-refractivity contribution in [3.8, 4) is 11.3 Å². The van der Waals surface area contributed by atoms with Crippen molar-refractivity contribution in [2.24, 2.45) is 5.73 Å². The maximum absolute atomic E-state index is 12.4. The average Bonchev–Trinajstić information content (AvgIpc) is 3.03. The predicted molar refractivity (Wildman–Crippen MR) is 108 cm³/mol. The predicted octanol–water partition coefficient (Wildman–Crippen LogP) is 3.98. The Hall–Kier alpha value is -2.84. The van der Waals surface area contributed by atoms with Gasteiger partial charge in [0.15, 0.2) is 0 Å². The molecule has 0 unspecified atom stereocenters. The molecule has 1 aromatic heterocycles. The number of halogens is 1. The molecule has 1 aliphatic heterocycles. The second kappa shape index (κ2) is 8.90. The Morgan fingerprint density at radius 2 is 2.25 bits per heavy atom. The van der Waals surface area contributed by atoms with E-state index < -0.39 is 6.09 Å². The Bertz CT molecular complexity index is 909. The number of nitrogens with two attached hydrogens (primary N) is 1. The number of imidazole rings is 1. The molecule has 3 rings (SSSR count). The van der Waals surface area contributed by atoms with Crippen LogP contribution in [-0.4, -0.2) is 28.6 Å². The van der Waals surface area contributed by atoms with Crippen molar-refractivity contribution in [1.82, 2.24) is 9.97 Å². The Labute approximate surface area is 167 Å². The zero-order valence-electron chi connectivity index (χ0n) is 15.4. The first kappa shape index (κ1) is 19.9. The molecule has 1 aromatic carbocycles. The molecule has 2 aromatic rings. The minimum Gasteiger partial charge on any atom is -0.450 e. The van der Waals surface area contributed by atoms with Crippen LogP contribution in [0.25, 0.3) is 11.3 Å². The lowest BCUT2D eigenvalue weighted by atomic mass is 10.1. The number of fused-ring (bicyclic) bond motifs is 4. The lowest BCUT2D eigenvalue weighted by molar-refractivity contribution is -0.116. The number of hydrogen-bond acceptors (Lipinski definition) is 5. The number of carbonyl (C=O) groups excluding carboxylic acids is 2. The van der Waals surface area contributed by atoms with Crippen molar-refractivity contribution in [1.29, 1.82) is 0 Å². The van der Waals surface area contributed by atoms with E-state index in [1.807, 2.05) is 12.2 Å². The van der Waals surface area contributed by atoms with Crippen LogP contribution in [0, 0.1) is 0 Å². The van der Waals surface area contributed by atoms with Gasteiger partial charge in [-0.05, 0) is 38.0 Å². The second-order valence-electron chi connectivity index (χ2n) is 6.29. The fraction of sp³-hybridized carbons (Fsp3) is 0.316. The first-order chi connectivity index (χ1) is 13.5. The molecule has 9 heteroatoms. The van der Waals surface area contributed by atoms with Gasteiger partial charge in [0.2, 0.25) is 5.91 Å². The van der Waals surface area contributed by atoms with Crippen molar-refractivity contribution in [3.63, 3.8) is 0 Å². The van der Waals surface area contributed by atoms with E-state index in [1.165, 1.54) is 0 Å². The first-order valence-corrected chi connectivity index (χ1v) is 9.39. The number of benzene rings is 1. The molecule has 0 spiro atoms. The van der Waals surface area contributed by atoms with E-state index in [0.717, 1.165) is 0 Å². The molecule has 0 saturated carbocycles.